The molecule has 0 spiro atoms. The summed E-state index contributed by atoms with van der Waals surface area (Å²) < 4.78 is 0. The van der Waals surface area contributed by atoms with E-state index < -0.39 is 0 Å². The number of amides is 1. The Morgan fingerprint density at radius 2 is 2.14 bits per heavy atom. The van der Waals surface area contributed by atoms with Crippen LogP contribution < -0.4 is 10.6 Å². The highest BCUT2D eigenvalue weighted by Gasteiger charge is 2.24. The first-order valence-electron chi connectivity index (χ1n) is 8.56. The summed E-state index contributed by atoms with van der Waals surface area (Å²) in [5.41, 5.74) is 1.35. The molecule has 4 heteroatoms. The highest BCUT2D eigenvalue weighted by atomic mass is 16.1. The van der Waals surface area contributed by atoms with E-state index in [4.69, 9.17) is 0 Å². The van der Waals surface area contributed by atoms with Crippen molar-refractivity contribution in [3.63, 3.8) is 0 Å². The van der Waals surface area contributed by atoms with Gasteiger partial charge < -0.3 is 10.6 Å². The third-order valence-electron chi connectivity index (χ3n) is 4.83. The molecule has 2 saturated heterocycles. The van der Waals surface area contributed by atoms with Gasteiger partial charge in [-0.1, -0.05) is 30.3 Å². The third-order valence-corrected chi connectivity index (χ3v) is 4.83. The van der Waals surface area contributed by atoms with E-state index in [0.29, 0.717) is 18.4 Å². The quantitative estimate of drug-likeness (QED) is 0.841. The first-order chi connectivity index (χ1) is 10.8. The largest absolute Gasteiger partial charge is 0.352 e. The van der Waals surface area contributed by atoms with E-state index in [9.17, 15) is 4.79 Å². The number of likely N-dealkylation sites (tertiary alicyclic amines) is 1. The van der Waals surface area contributed by atoms with Crippen LogP contribution in [0.2, 0.25) is 0 Å². The fraction of sp³-hybridized carbons (Fsp3) is 0.611. The molecule has 2 aliphatic rings. The van der Waals surface area contributed by atoms with Crippen molar-refractivity contribution in [1.82, 2.24) is 15.5 Å². The number of rotatable bonds is 6. The number of carbonyl (C=O) groups is 1. The Morgan fingerprint density at radius 1 is 1.27 bits per heavy atom. The molecule has 0 aliphatic carbocycles. The molecule has 0 bridgehead atoms. The van der Waals surface area contributed by atoms with Crippen LogP contribution in [0.25, 0.3) is 0 Å². The second-order valence-corrected chi connectivity index (χ2v) is 6.67. The van der Waals surface area contributed by atoms with Crippen LogP contribution in [0.4, 0.5) is 0 Å². The molecule has 3 rings (SSSR count). The third kappa shape index (κ3) is 4.55. The molecule has 22 heavy (non-hydrogen) atoms. The molecular weight excluding hydrogens is 274 g/mol. The minimum atomic E-state index is 0.235. The zero-order chi connectivity index (χ0) is 15.2. The predicted molar refractivity (Wildman–Crippen MR) is 88.5 cm³/mol. The van der Waals surface area contributed by atoms with E-state index in [1.54, 1.807) is 0 Å². The second kappa shape index (κ2) is 7.75. The molecule has 2 heterocycles. The van der Waals surface area contributed by atoms with Gasteiger partial charge in [-0.25, -0.2) is 0 Å². The van der Waals surface area contributed by atoms with E-state index in [0.717, 1.165) is 45.6 Å². The van der Waals surface area contributed by atoms with E-state index in [-0.39, 0.29) is 5.91 Å². The number of hydrogen-bond donors (Lipinski definition) is 2. The maximum Gasteiger partial charge on any atom is 0.220 e. The highest BCUT2D eigenvalue weighted by Crippen LogP contribution is 2.16. The normalized spacial score (nSPS) is 25.5. The molecule has 1 aromatic rings. The molecule has 0 radical (unpaired) electrons. The van der Waals surface area contributed by atoms with Crippen molar-refractivity contribution >= 4 is 5.91 Å². The Labute approximate surface area is 133 Å². The van der Waals surface area contributed by atoms with Crippen LogP contribution in [0.3, 0.4) is 0 Å². The van der Waals surface area contributed by atoms with Gasteiger partial charge in [0, 0.05) is 32.1 Å². The van der Waals surface area contributed by atoms with Crippen molar-refractivity contribution in [1.29, 1.82) is 0 Å². The first kappa shape index (κ1) is 15.5. The first-order valence-corrected chi connectivity index (χ1v) is 8.56. The van der Waals surface area contributed by atoms with Crippen LogP contribution in [0.15, 0.2) is 30.3 Å². The second-order valence-electron chi connectivity index (χ2n) is 6.67. The molecule has 2 aliphatic heterocycles. The summed E-state index contributed by atoms with van der Waals surface area (Å²) in [6.07, 6.45) is 4.01. The van der Waals surface area contributed by atoms with Crippen molar-refractivity contribution in [2.75, 3.05) is 26.2 Å². The van der Waals surface area contributed by atoms with Gasteiger partial charge in [-0.3, -0.25) is 9.69 Å². The zero-order valence-electron chi connectivity index (χ0n) is 13.3. The van der Waals surface area contributed by atoms with Gasteiger partial charge in [-0.05, 0) is 43.8 Å². The van der Waals surface area contributed by atoms with Crippen molar-refractivity contribution in [3.05, 3.63) is 35.9 Å². The summed E-state index contributed by atoms with van der Waals surface area (Å²) in [5.74, 6) is 0.933. The van der Waals surface area contributed by atoms with E-state index in [1.807, 2.05) is 0 Å². The number of nitrogens with zero attached hydrogens (tertiary/aromatic N) is 1. The Bertz CT molecular complexity index is 470. The molecule has 120 valence electrons. The Hall–Kier alpha value is -1.39. The molecule has 0 saturated carbocycles. The lowest BCUT2D eigenvalue weighted by Crippen LogP contribution is -2.37. The van der Waals surface area contributed by atoms with Crippen LogP contribution in [0.1, 0.15) is 31.2 Å². The van der Waals surface area contributed by atoms with Crippen LogP contribution >= 0.6 is 0 Å². The fourth-order valence-corrected chi connectivity index (χ4v) is 3.53. The molecule has 1 aromatic carbocycles. The Balaban J connectivity index is 1.36. The smallest absolute Gasteiger partial charge is 0.220 e. The lowest BCUT2D eigenvalue weighted by molar-refractivity contribution is -0.122. The summed E-state index contributed by atoms with van der Waals surface area (Å²) in [6.45, 7) is 5.24. The SMILES string of the molecule is O=C(CCC1CCNC1)NC1CCN(Cc2ccccc2)C1. The van der Waals surface area contributed by atoms with Crippen LogP contribution in [-0.4, -0.2) is 43.0 Å². The van der Waals surface area contributed by atoms with E-state index in [2.05, 4.69) is 45.9 Å². The van der Waals surface area contributed by atoms with Crippen LogP contribution in [0, 0.1) is 5.92 Å². The highest BCUT2D eigenvalue weighted by molar-refractivity contribution is 5.76. The molecule has 2 atom stereocenters. The van der Waals surface area contributed by atoms with Gasteiger partial charge in [-0.15, -0.1) is 0 Å². The summed E-state index contributed by atoms with van der Waals surface area (Å²) in [5, 5.41) is 6.58. The summed E-state index contributed by atoms with van der Waals surface area (Å²) in [6, 6.07) is 10.9. The molecule has 2 N–H and O–H groups in total. The molecule has 0 aromatic heterocycles. The topological polar surface area (TPSA) is 44.4 Å². The van der Waals surface area contributed by atoms with Crippen molar-refractivity contribution in [3.8, 4) is 0 Å². The average molecular weight is 301 g/mol. The maximum atomic E-state index is 12.1. The van der Waals surface area contributed by atoms with Crippen molar-refractivity contribution in [2.24, 2.45) is 5.92 Å². The van der Waals surface area contributed by atoms with E-state index in [1.165, 1.54) is 12.0 Å². The lowest BCUT2D eigenvalue weighted by atomic mass is 10.0. The standard InChI is InChI=1S/C18H27N3O/c22-18(7-6-15-8-10-19-12-15)20-17-9-11-21(14-17)13-16-4-2-1-3-5-16/h1-5,15,17,19H,6-14H2,(H,20,22). The minimum absolute atomic E-state index is 0.235. The monoisotopic (exact) mass is 301 g/mol. The van der Waals surface area contributed by atoms with Gasteiger partial charge in [0.25, 0.3) is 0 Å². The van der Waals surface area contributed by atoms with Gasteiger partial charge in [0.15, 0.2) is 0 Å². The van der Waals surface area contributed by atoms with Crippen molar-refractivity contribution in [2.45, 2.75) is 38.3 Å². The molecule has 2 unspecified atom stereocenters. The van der Waals surface area contributed by atoms with Crippen molar-refractivity contribution < 1.29 is 4.79 Å². The Morgan fingerprint density at radius 3 is 2.91 bits per heavy atom. The number of hydrogen-bond acceptors (Lipinski definition) is 3. The Kier molecular flexibility index (Phi) is 5.46. The average Bonchev–Trinajstić information content (AvgIpc) is 3.18. The lowest BCUT2D eigenvalue weighted by Gasteiger charge is -2.17. The van der Waals surface area contributed by atoms with Gasteiger partial charge >= 0.3 is 0 Å². The maximum absolute atomic E-state index is 12.1. The summed E-state index contributed by atoms with van der Waals surface area (Å²) in [7, 11) is 0. The van der Waals surface area contributed by atoms with Gasteiger partial charge in [-0.2, -0.15) is 0 Å². The summed E-state index contributed by atoms with van der Waals surface area (Å²) in [4.78, 5) is 14.5. The number of benzene rings is 1. The van der Waals surface area contributed by atoms with E-state index >= 15 is 0 Å². The molecule has 1 amide bonds. The molecule has 2 fully saturated rings. The van der Waals surface area contributed by atoms with Gasteiger partial charge in [0.05, 0.1) is 0 Å². The molecule has 4 nitrogen and oxygen atoms in total. The van der Waals surface area contributed by atoms with Gasteiger partial charge in [0.2, 0.25) is 5.91 Å². The van der Waals surface area contributed by atoms with Crippen LogP contribution in [0.5, 0.6) is 0 Å². The minimum Gasteiger partial charge on any atom is -0.352 e. The summed E-state index contributed by atoms with van der Waals surface area (Å²) >= 11 is 0. The van der Waals surface area contributed by atoms with Gasteiger partial charge in [0.1, 0.15) is 0 Å². The number of nitrogens with one attached hydrogen (secondary N) is 2. The predicted octanol–water partition coefficient (Wildman–Crippen LogP) is 1.77. The zero-order valence-corrected chi connectivity index (χ0v) is 13.3. The number of carbonyl (C=O) groups excluding carboxylic acids is 1. The molecular formula is C18H27N3O. The fourth-order valence-electron chi connectivity index (χ4n) is 3.53. The van der Waals surface area contributed by atoms with Crippen LogP contribution in [-0.2, 0) is 11.3 Å².